The van der Waals surface area contributed by atoms with Crippen LogP contribution in [0, 0.1) is 0 Å². The topological polar surface area (TPSA) is 38.7 Å². The maximum absolute atomic E-state index is 11.4. The second-order valence-electron chi connectivity index (χ2n) is 3.43. The van der Waals surface area contributed by atoms with E-state index in [2.05, 4.69) is 4.99 Å². The Morgan fingerprint density at radius 2 is 1.86 bits per heavy atom. The van der Waals surface area contributed by atoms with E-state index in [0.717, 1.165) is 5.56 Å². The highest BCUT2D eigenvalue weighted by Gasteiger charge is 2.24. The molecule has 0 atom stereocenters. The summed E-state index contributed by atoms with van der Waals surface area (Å²) < 4.78 is 5.44. The molecule has 1 amide bonds. The molecule has 0 saturated heterocycles. The van der Waals surface area contributed by atoms with E-state index < -0.39 is 0 Å². The highest BCUT2D eigenvalue weighted by Crippen LogP contribution is 2.19. The lowest BCUT2D eigenvalue weighted by Crippen LogP contribution is -2.11. The summed E-state index contributed by atoms with van der Waals surface area (Å²) in [7, 11) is 0. The highest BCUT2D eigenvalue weighted by molar-refractivity contribution is 6.18. The number of hydrogen-bond donors (Lipinski definition) is 0. The largest absolute Gasteiger partial charge is 0.474 e. The zero-order chi connectivity index (χ0) is 10.1. The van der Waals surface area contributed by atoms with Gasteiger partial charge in [-0.3, -0.25) is 4.79 Å². The van der Waals surface area contributed by atoms with Crippen LogP contribution < -0.4 is 0 Å². The molecular weight excluding hydrogens is 178 g/mol. The number of ether oxygens (including phenoxy) is 1. The Hall–Kier alpha value is -1.64. The van der Waals surface area contributed by atoms with Crippen molar-refractivity contribution in [1.29, 1.82) is 0 Å². The lowest BCUT2D eigenvalue weighted by Gasteiger charge is -2.08. The summed E-state index contributed by atoms with van der Waals surface area (Å²) in [4.78, 5) is 15.2. The van der Waals surface area contributed by atoms with E-state index in [1.54, 1.807) is 6.07 Å². The van der Waals surface area contributed by atoms with Gasteiger partial charge in [0.25, 0.3) is 5.91 Å². The van der Waals surface area contributed by atoms with Crippen molar-refractivity contribution in [2.45, 2.75) is 20.0 Å². The number of fused-ring (bicyclic) bond motifs is 1. The third-order valence-corrected chi connectivity index (χ3v) is 1.94. The number of amides is 1. The van der Waals surface area contributed by atoms with Crippen LogP contribution in [0.5, 0.6) is 0 Å². The first-order valence-electron chi connectivity index (χ1n) is 4.57. The normalized spacial score (nSPS) is 14.2. The molecular formula is C11H11NO2. The van der Waals surface area contributed by atoms with Crippen LogP contribution in [0.15, 0.2) is 29.3 Å². The smallest absolute Gasteiger partial charge is 0.281 e. The number of rotatable bonds is 1. The molecule has 2 rings (SSSR count). The Kier molecular flexibility index (Phi) is 2.08. The molecule has 1 aromatic rings. The Morgan fingerprint density at radius 3 is 2.50 bits per heavy atom. The fraction of sp³-hybridized carbons (Fsp3) is 0.273. The van der Waals surface area contributed by atoms with Crippen LogP contribution >= 0.6 is 0 Å². The third-order valence-electron chi connectivity index (χ3n) is 1.94. The van der Waals surface area contributed by atoms with Crippen molar-refractivity contribution in [1.82, 2.24) is 0 Å². The van der Waals surface area contributed by atoms with Crippen LogP contribution in [-0.4, -0.2) is 17.9 Å². The Balaban J connectivity index is 2.39. The van der Waals surface area contributed by atoms with Gasteiger partial charge in [-0.15, -0.1) is 0 Å². The van der Waals surface area contributed by atoms with Gasteiger partial charge in [0.15, 0.2) is 0 Å². The second kappa shape index (κ2) is 3.25. The predicted octanol–water partition coefficient (Wildman–Crippen LogP) is 2.01. The summed E-state index contributed by atoms with van der Waals surface area (Å²) in [5.41, 5.74) is 1.43. The molecule has 3 nitrogen and oxygen atoms in total. The van der Waals surface area contributed by atoms with E-state index >= 15 is 0 Å². The molecule has 0 aliphatic carbocycles. The fourth-order valence-electron chi connectivity index (χ4n) is 1.38. The molecule has 72 valence electrons. The molecule has 0 spiro atoms. The van der Waals surface area contributed by atoms with Gasteiger partial charge in [0.2, 0.25) is 5.90 Å². The molecule has 1 aliphatic rings. The molecule has 14 heavy (non-hydrogen) atoms. The number of benzene rings is 1. The summed E-state index contributed by atoms with van der Waals surface area (Å²) in [6.45, 7) is 3.82. The molecule has 1 aliphatic heterocycles. The minimum absolute atomic E-state index is 0.0349. The van der Waals surface area contributed by atoms with Gasteiger partial charge in [0, 0.05) is 5.56 Å². The summed E-state index contributed by atoms with van der Waals surface area (Å²) >= 11 is 0. The first-order chi connectivity index (χ1) is 6.68. The first-order valence-corrected chi connectivity index (χ1v) is 4.57. The Bertz CT molecular complexity index is 408. The zero-order valence-corrected chi connectivity index (χ0v) is 8.15. The van der Waals surface area contributed by atoms with Crippen LogP contribution in [0.4, 0.5) is 0 Å². The third kappa shape index (κ3) is 1.41. The van der Waals surface area contributed by atoms with Crippen LogP contribution in [0.1, 0.15) is 29.8 Å². The molecule has 0 aromatic heterocycles. The SMILES string of the molecule is CC(C)OC1=NC(=O)c2ccccc21. The molecule has 1 aromatic carbocycles. The summed E-state index contributed by atoms with van der Waals surface area (Å²) in [6, 6.07) is 7.31. The minimum atomic E-state index is -0.212. The highest BCUT2D eigenvalue weighted by atomic mass is 16.5. The van der Waals surface area contributed by atoms with E-state index in [0.29, 0.717) is 11.5 Å². The maximum atomic E-state index is 11.4. The average molecular weight is 189 g/mol. The lowest BCUT2D eigenvalue weighted by molar-refractivity contribution is 0.100. The van der Waals surface area contributed by atoms with Crippen LogP contribution in [0.2, 0.25) is 0 Å². The predicted molar refractivity (Wildman–Crippen MR) is 53.5 cm³/mol. The van der Waals surface area contributed by atoms with E-state index in [1.807, 2.05) is 32.0 Å². The van der Waals surface area contributed by atoms with Crippen molar-refractivity contribution in [2.75, 3.05) is 0 Å². The number of nitrogens with zero attached hydrogens (tertiary/aromatic N) is 1. The van der Waals surface area contributed by atoms with Crippen molar-refractivity contribution in [3.8, 4) is 0 Å². The van der Waals surface area contributed by atoms with Crippen molar-refractivity contribution < 1.29 is 9.53 Å². The van der Waals surface area contributed by atoms with Crippen molar-refractivity contribution in [3.63, 3.8) is 0 Å². The van der Waals surface area contributed by atoms with Crippen molar-refractivity contribution in [3.05, 3.63) is 35.4 Å². The summed E-state index contributed by atoms with van der Waals surface area (Å²) in [5.74, 6) is 0.233. The van der Waals surface area contributed by atoms with E-state index in [1.165, 1.54) is 0 Å². The quantitative estimate of drug-likeness (QED) is 0.677. The summed E-state index contributed by atoms with van der Waals surface area (Å²) in [6.07, 6.45) is 0.0349. The van der Waals surface area contributed by atoms with Gasteiger partial charge in [-0.05, 0) is 26.0 Å². The number of aliphatic imine (C=N–C) groups is 1. The van der Waals surface area contributed by atoms with Gasteiger partial charge in [-0.25, -0.2) is 0 Å². The van der Waals surface area contributed by atoms with Gasteiger partial charge < -0.3 is 4.74 Å². The number of carbonyl (C=O) groups is 1. The average Bonchev–Trinajstić information content (AvgIpc) is 2.44. The van der Waals surface area contributed by atoms with Gasteiger partial charge in [-0.1, -0.05) is 12.1 Å². The molecule has 0 bridgehead atoms. The monoisotopic (exact) mass is 189 g/mol. The van der Waals surface area contributed by atoms with Crippen molar-refractivity contribution in [2.24, 2.45) is 4.99 Å². The first kappa shape index (κ1) is 8.94. The fourth-order valence-corrected chi connectivity index (χ4v) is 1.38. The van der Waals surface area contributed by atoms with Crippen LogP contribution in [0.3, 0.4) is 0 Å². The lowest BCUT2D eigenvalue weighted by atomic mass is 10.1. The van der Waals surface area contributed by atoms with Gasteiger partial charge in [0.1, 0.15) is 0 Å². The molecule has 3 heteroatoms. The van der Waals surface area contributed by atoms with Crippen LogP contribution in [-0.2, 0) is 4.74 Å². The summed E-state index contributed by atoms with van der Waals surface area (Å²) in [5, 5.41) is 0. The maximum Gasteiger partial charge on any atom is 0.281 e. The molecule has 0 radical (unpaired) electrons. The van der Waals surface area contributed by atoms with Gasteiger partial charge in [-0.2, -0.15) is 4.99 Å². The number of carbonyl (C=O) groups excluding carboxylic acids is 1. The standard InChI is InChI=1S/C11H11NO2/c1-7(2)14-11-9-6-4-3-5-8(9)10(13)12-11/h3-7H,1-2H3. The molecule has 1 heterocycles. The van der Waals surface area contributed by atoms with Gasteiger partial charge in [0.05, 0.1) is 11.7 Å². The Labute approximate surface area is 82.4 Å². The van der Waals surface area contributed by atoms with E-state index in [4.69, 9.17) is 4.74 Å². The molecule has 0 fully saturated rings. The molecule has 0 unspecified atom stereocenters. The number of hydrogen-bond acceptors (Lipinski definition) is 2. The van der Waals surface area contributed by atoms with Gasteiger partial charge >= 0.3 is 0 Å². The minimum Gasteiger partial charge on any atom is -0.474 e. The van der Waals surface area contributed by atoms with Crippen molar-refractivity contribution >= 4 is 11.8 Å². The Morgan fingerprint density at radius 1 is 1.21 bits per heavy atom. The zero-order valence-electron chi connectivity index (χ0n) is 8.15. The van der Waals surface area contributed by atoms with Crippen LogP contribution in [0.25, 0.3) is 0 Å². The molecule has 0 N–H and O–H groups in total. The second-order valence-corrected chi connectivity index (χ2v) is 3.43. The van der Waals surface area contributed by atoms with E-state index in [-0.39, 0.29) is 12.0 Å². The van der Waals surface area contributed by atoms with E-state index in [9.17, 15) is 4.79 Å². The molecule has 0 saturated carbocycles.